The summed E-state index contributed by atoms with van der Waals surface area (Å²) in [6.07, 6.45) is -0.424. The molecule has 6 nitrogen and oxygen atoms in total. The lowest BCUT2D eigenvalue weighted by atomic mass is 10.2. The van der Waals surface area contributed by atoms with Crippen LogP contribution < -0.4 is 4.90 Å². The molecule has 0 radical (unpaired) electrons. The molecule has 1 aliphatic rings. The molecule has 1 aliphatic heterocycles. The fraction of sp³-hybridized carbons (Fsp3) is 0.545. The molecule has 17 heavy (non-hydrogen) atoms. The van der Waals surface area contributed by atoms with E-state index in [-0.39, 0.29) is 13.0 Å². The summed E-state index contributed by atoms with van der Waals surface area (Å²) in [5.41, 5.74) is 1.58. The molecule has 2 unspecified atom stereocenters. The Labute approximate surface area is 98.9 Å². The second-order valence-electron chi connectivity index (χ2n) is 4.35. The lowest BCUT2D eigenvalue weighted by Crippen LogP contribution is -2.37. The van der Waals surface area contributed by atoms with Gasteiger partial charge >= 0.3 is 5.97 Å². The fourth-order valence-corrected chi connectivity index (χ4v) is 2.10. The number of β-amino-alcohol motifs (C(OH)–C–C–N with tert-alkyl or cyclic N) is 1. The Balaban J connectivity index is 2.34. The van der Waals surface area contributed by atoms with Gasteiger partial charge in [0.2, 0.25) is 5.95 Å². The minimum absolute atomic E-state index is 0.214. The molecule has 1 saturated heterocycles. The zero-order chi connectivity index (χ0) is 12.6. The van der Waals surface area contributed by atoms with Gasteiger partial charge in [0, 0.05) is 24.4 Å². The molecule has 0 aromatic carbocycles. The summed E-state index contributed by atoms with van der Waals surface area (Å²) in [4.78, 5) is 21.1. The van der Waals surface area contributed by atoms with Crippen LogP contribution >= 0.6 is 0 Å². The summed E-state index contributed by atoms with van der Waals surface area (Å²) in [7, 11) is 0. The van der Waals surface area contributed by atoms with Crippen LogP contribution in [0.25, 0.3) is 0 Å². The molecule has 1 aromatic heterocycles. The zero-order valence-electron chi connectivity index (χ0n) is 9.79. The largest absolute Gasteiger partial charge is 0.480 e. The summed E-state index contributed by atoms with van der Waals surface area (Å²) < 4.78 is 0. The van der Waals surface area contributed by atoms with Gasteiger partial charge < -0.3 is 15.1 Å². The van der Waals surface area contributed by atoms with Crippen LogP contribution in [0.15, 0.2) is 6.07 Å². The Bertz CT molecular complexity index is 429. The van der Waals surface area contributed by atoms with E-state index < -0.39 is 18.1 Å². The normalized spacial score (nSPS) is 24.1. The monoisotopic (exact) mass is 237 g/mol. The van der Waals surface area contributed by atoms with Crippen LogP contribution in [0.5, 0.6) is 0 Å². The van der Waals surface area contributed by atoms with E-state index in [0.717, 1.165) is 11.4 Å². The van der Waals surface area contributed by atoms with Gasteiger partial charge in [-0.2, -0.15) is 0 Å². The van der Waals surface area contributed by atoms with Gasteiger partial charge in [-0.25, -0.2) is 14.8 Å². The maximum Gasteiger partial charge on any atom is 0.326 e. The SMILES string of the molecule is Cc1cc(C)nc(N2CC(O)CC2C(=O)O)n1. The third-order valence-corrected chi connectivity index (χ3v) is 2.79. The van der Waals surface area contributed by atoms with Gasteiger partial charge in [-0.1, -0.05) is 0 Å². The summed E-state index contributed by atoms with van der Waals surface area (Å²) in [6, 6.07) is 1.08. The predicted octanol–water partition coefficient (Wildman–Crippen LogP) is 0.118. The van der Waals surface area contributed by atoms with E-state index in [1.165, 1.54) is 0 Å². The number of aliphatic hydroxyl groups is 1. The summed E-state index contributed by atoms with van der Waals surface area (Å²) in [5.74, 6) is -0.573. The van der Waals surface area contributed by atoms with Crippen molar-refractivity contribution in [1.82, 2.24) is 9.97 Å². The molecule has 2 atom stereocenters. The van der Waals surface area contributed by atoms with Gasteiger partial charge in [-0.3, -0.25) is 0 Å². The molecule has 92 valence electrons. The molecule has 0 bridgehead atoms. The molecule has 0 amide bonds. The number of anilines is 1. The van der Waals surface area contributed by atoms with Crippen LogP contribution in [-0.4, -0.2) is 44.8 Å². The Hall–Kier alpha value is -1.69. The third-order valence-electron chi connectivity index (χ3n) is 2.79. The highest BCUT2D eigenvalue weighted by Gasteiger charge is 2.37. The second kappa shape index (κ2) is 4.29. The number of carboxylic acids is 1. The number of hydrogen-bond acceptors (Lipinski definition) is 5. The van der Waals surface area contributed by atoms with Crippen molar-refractivity contribution in [2.45, 2.75) is 32.4 Å². The van der Waals surface area contributed by atoms with Crippen molar-refractivity contribution in [1.29, 1.82) is 0 Å². The van der Waals surface area contributed by atoms with Crippen molar-refractivity contribution >= 4 is 11.9 Å². The van der Waals surface area contributed by atoms with Gasteiger partial charge in [0.1, 0.15) is 6.04 Å². The highest BCUT2D eigenvalue weighted by molar-refractivity contribution is 5.78. The van der Waals surface area contributed by atoms with Crippen molar-refractivity contribution < 1.29 is 15.0 Å². The van der Waals surface area contributed by atoms with Crippen molar-refractivity contribution in [3.8, 4) is 0 Å². The summed E-state index contributed by atoms with van der Waals surface area (Å²) in [6.45, 7) is 3.93. The van der Waals surface area contributed by atoms with Gasteiger partial charge in [-0.05, 0) is 19.9 Å². The predicted molar refractivity (Wildman–Crippen MR) is 60.9 cm³/mol. The molecule has 2 N–H and O–H groups in total. The molecule has 1 aromatic rings. The van der Waals surface area contributed by atoms with Crippen molar-refractivity contribution in [2.24, 2.45) is 0 Å². The number of rotatable bonds is 2. The topological polar surface area (TPSA) is 86.5 Å². The molecule has 0 saturated carbocycles. The number of carboxylic acid groups (broad SMARTS) is 1. The smallest absolute Gasteiger partial charge is 0.326 e. The van der Waals surface area contributed by atoms with E-state index >= 15 is 0 Å². The second-order valence-corrected chi connectivity index (χ2v) is 4.35. The van der Waals surface area contributed by atoms with E-state index in [9.17, 15) is 9.90 Å². The average molecular weight is 237 g/mol. The van der Waals surface area contributed by atoms with Gasteiger partial charge in [-0.15, -0.1) is 0 Å². The van der Waals surface area contributed by atoms with Crippen LogP contribution in [0.2, 0.25) is 0 Å². The van der Waals surface area contributed by atoms with Crippen LogP contribution in [0.3, 0.4) is 0 Å². The fourth-order valence-electron chi connectivity index (χ4n) is 2.10. The number of aryl methyl sites for hydroxylation is 2. The number of carbonyl (C=O) groups is 1. The first-order valence-corrected chi connectivity index (χ1v) is 5.47. The molecule has 2 rings (SSSR count). The Morgan fingerprint density at radius 2 is 2.00 bits per heavy atom. The number of nitrogens with zero attached hydrogens (tertiary/aromatic N) is 3. The minimum Gasteiger partial charge on any atom is -0.480 e. The van der Waals surface area contributed by atoms with Crippen molar-refractivity contribution in [3.05, 3.63) is 17.5 Å². The quantitative estimate of drug-likeness (QED) is 0.759. The standard InChI is InChI=1S/C11H15N3O3/c1-6-3-7(2)13-11(12-6)14-5-8(15)4-9(14)10(16)17/h3,8-9,15H,4-5H2,1-2H3,(H,16,17). The van der Waals surface area contributed by atoms with Gasteiger partial charge in [0.05, 0.1) is 6.10 Å². The van der Waals surface area contributed by atoms with E-state index in [4.69, 9.17) is 5.11 Å². The first-order chi connectivity index (χ1) is 7.97. The van der Waals surface area contributed by atoms with Gasteiger partial charge in [0.15, 0.2) is 0 Å². The van der Waals surface area contributed by atoms with E-state index in [0.29, 0.717) is 5.95 Å². The van der Waals surface area contributed by atoms with Crippen LogP contribution in [0, 0.1) is 13.8 Å². The third kappa shape index (κ3) is 2.36. The van der Waals surface area contributed by atoms with E-state index in [1.54, 1.807) is 4.90 Å². The maximum atomic E-state index is 11.1. The Morgan fingerprint density at radius 1 is 1.41 bits per heavy atom. The number of hydrogen-bond donors (Lipinski definition) is 2. The first-order valence-electron chi connectivity index (χ1n) is 5.47. The summed E-state index contributed by atoms with van der Waals surface area (Å²) in [5, 5.41) is 18.7. The molecular weight excluding hydrogens is 222 g/mol. The maximum absolute atomic E-state index is 11.1. The summed E-state index contributed by atoms with van der Waals surface area (Å²) >= 11 is 0. The minimum atomic E-state index is -0.954. The molecule has 2 heterocycles. The van der Waals surface area contributed by atoms with Crippen molar-refractivity contribution in [2.75, 3.05) is 11.4 Å². The lowest BCUT2D eigenvalue weighted by molar-refractivity contribution is -0.138. The van der Waals surface area contributed by atoms with Crippen LogP contribution in [-0.2, 0) is 4.79 Å². The Kier molecular flexibility index (Phi) is 2.97. The highest BCUT2D eigenvalue weighted by atomic mass is 16.4. The molecule has 6 heteroatoms. The lowest BCUT2D eigenvalue weighted by Gasteiger charge is -2.21. The zero-order valence-corrected chi connectivity index (χ0v) is 9.79. The highest BCUT2D eigenvalue weighted by Crippen LogP contribution is 2.23. The van der Waals surface area contributed by atoms with Crippen LogP contribution in [0.4, 0.5) is 5.95 Å². The van der Waals surface area contributed by atoms with E-state index in [2.05, 4.69) is 9.97 Å². The molecule has 1 fully saturated rings. The van der Waals surface area contributed by atoms with E-state index in [1.807, 2.05) is 19.9 Å². The molecular formula is C11H15N3O3. The average Bonchev–Trinajstić information content (AvgIpc) is 2.59. The molecule has 0 aliphatic carbocycles. The molecule has 0 spiro atoms. The van der Waals surface area contributed by atoms with Crippen LogP contribution in [0.1, 0.15) is 17.8 Å². The number of aliphatic hydroxyl groups excluding tert-OH is 1. The van der Waals surface area contributed by atoms with Gasteiger partial charge in [0.25, 0.3) is 0 Å². The Morgan fingerprint density at radius 3 is 2.53 bits per heavy atom. The first kappa shape index (κ1) is 11.8. The van der Waals surface area contributed by atoms with Crippen molar-refractivity contribution in [3.63, 3.8) is 0 Å². The number of aliphatic carboxylic acids is 1. The number of aromatic nitrogens is 2.